The number of benzene rings is 1. The largest absolute Gasteiger partial charge is 0.340 e. The lowest BCUT2D eigenvalue weighted by atomic mass is 10.0. The number of nitrogens with zero attached hydrogens (tertiary/aromatic N) is 3. The minimum absolute atomic E-state index is 0.209. The summed E-state index contributed by atoms with van der Waals surface area (Å²) < 4.78 is 5.87. The van der Waals surface area contributed by atoms with Gasteiger partial charge in [-0.05, 0) is 46.0 Å². The molecule has 2 fully saturated rings. The number of aryl methyl sites for hydroxylation is 1. The van der Waals surface area contributed by atoms with E-state index in [1.807, 2.05) is 0 Å². The van der Waals surface area contributed by atoms with Crippen molar-refractivity contribution in [3.8, 4) is 11.3 Å². The second-order valence-electron chi connectivity index (χ2n) is 8.37. The van der Waals surface area contributed by atoms with Gasteiger partial charge in [0.25, 0.3) is 0 Å². The molecule has 2 heterocycles. The predicted molar refractivity (Wildman–Crippen MR) is 111 cm³/mol. The van der Waals surface area contributed by atoms with Crippen molar-refractivity contribution in [3.63, 3.8) is 0 Å². The van der Waals surface area contributed by atoms with Gasteiger partial charge in [0.05, 0.1) is 12.1 Å². The highest BCUT2D eigenvalue weighted by Gasteiger charge is 2.36. The minimum Gasteiger partial charge on any atom is -0.340 e. The van der Waals surface area contributed by atoms with Gasteiger partial charge in [0, 0.05) is 30.6 Å². The third kappa shape index (κ3) is 3.80. The van der Waals surface area contributed by atoms with Crippen molar-refractivity contribution >= 4 is 11.8 Å². The van der Waals surface area contributed by atoms with Gasteiger partial charge in [0.15, 0.2) is 0 Å². The van der Waals surface area contributed by atoms with E-state index >= 15 is 0 Å². The molecule has 5 nitrogen and oxygen atoms in total. The summed E-state index contributed by atoms with van der Waals surface area (Å²) in [4.78, 5) is 17.4. The Morgan fingerprint density at radius 3 is 2.54 bits per heavy atom. The Hall–Kier alpha value is -2.30. The third-order valence-corrected chi connectivity index (χ3v) is 6.15. The summed E-state index contributed by atoms with van der Waals surface area (Å²) in [6, 6.07) is 8.61. The number of anilines is 1. The van der Waals surface area contributed by atoms with Crippen LogP contribution in [-0.4, -0.2) is 35.1 Å². The highest BCUT2D eigenvalue weighted by molar-refractivity contribution is 5.82. The molecule has 0 radical (unpaired) electrons. The molecular formula is C23H31N3O2. The van der Waals surface area contributed by atoms with Crippen molar-refractivity contribution in [2.24, 2.45) is 5.92 Å². The van der Waals surface area contributed by atoms with E-state index in [9.17, 15) is 4.79 Å². The summed E-state index contributed by atoms with van der Waals surface area (Å²) in [5, 5.41) is 4.46. The van der Waals surface area contributed by atoms with Gasteiger partial charge in [-0.2, -0.15) is 0 Å². The first-order valence-electron chi connectivity index (χ1n) is 10.7. The van der Waals surface area contributed by atoms with Crippen molar-refractivity contribution < 1.29 is 9.32 Å². The van der Waals surface area contributed by atoms with Crippen LogP contribution in [0.25, 0.3) is 11.3 Å². The van der Waals surface area contributed by atoms with E-state index in [4.69, 9.17) is 4.52 Å². The van der Waals surface area contributed by atoms with Crippen LogP contribution in [0.4, 0.5) is 5.88 Å². The molecule has 1 unspecified atom stereocenters. The maximum atomic E-state index is 13.0. The highest BCUT2D eigenvalue weighted by Crippen LogP contribution is 2.37. The second-order valence-corrected chi connectivity index (χ2v) is 8.37. The first-order chi connectivity index (χ1) is 13.6. The molecule has 1 aliphatic heterocycles. The van der Waals surface area contributed by atoms with Gasteiger partial charge in [0.2, 0.25) is 11.8 Å². The van der Waals surface area contributed by atoms with Gasteiger partial charge in [0.1, 0.15) is 5.69 Å². The zero-order valence-corrected chi connectivity index (χ0v) is 17.3. The SMILES string of the molecule is CCC(C)N(Cc1c(-c2ccc(C)cc2)noc1N1CCCC1)C(=O)C1CC1. The fourth-order valence-corrected chi connectivity index (χ4v) is 3.96. The van der Waals surface area contributed by atoms with Crippen LogP contribution in [-0.2, 0) is 11.3 Å². The molecular weight excluding hydrogens is 350 g/mol. The minimum atomic E-state index is 0.209. The second kappa shape index (κ2) is 7.98. The molecule has 1 atom stereocenters. The Morgan fingerprint density at radius 1 is 1.25 bits per heavy atom. The summed E-state index contributed by atoms with van der Waals surface area (Å²) >= 11 is 0. The zero-order chi connectivity index (χ0) is 19.7. The van der Waals surface area contributed by atoms with Crippen LogP contribution in [0.2, 0.25) is 0 Å². The predicted octanol–water partition coefficient (Wildman–Crippen LogP) is 4.79. The van der Waals surface area contributed by atoms with Crippen LogP contribution < -0.4 is 4.90 Å². The van der Waals surface area contributed by atoms with Gasteiger partial charge in [-0.1, -0.05) is 41.9 Å². The number of rotatable bonds is 7. The van der Waals surface area contributed by atoms with Crippen molar-refractivity contribution in [2.45, 2.75) is 65.5 Å². The molecule has 5 heteroatoms. The van der Waals surface area contributed by atoms with Crippen molar-refractivity contribution in [2.75, 3.05) is 18.0 Å². The smallest absolute Gasteiger partial charge is 0.232 e. The molecule has 2 aliphatic rings. The van der Waals surface area contributed by atoms with Crippen LogP contribution >= 0.6 is 0 Å². The number of amides is 1. The Balaban J connectivity index is 1.72. The molecule has 4 rings (SSSR count). The lowest BCUT2D eigenvalue weighted by molar-refractivity contribution is -0.135. The van der Waals surface area contributed by atoms with Crippen molar-refractivity contribution in [1.29, 1.82) is 0 Å². The van der Waals surface area contributed by atoms with E-state index < -0.39 is 0 Å². The summed E-state index contributed by atoms with van der Waals surface area (Å²) in [6.45, 7) is 8.94. The van der Waals surface area contributed by atoms with E-state index in [1.165, 1.54) is 18.4 Å². The summed E-state index contributed by atoms with van der Waals surface area (Å²) in [6.07, 6.45) is 5.35. The van der Waals surface area contributed by atoms with E-state index in [-0.39, 0.29) is 17.9 Å². The maximum absolute atomic E-state index is 13.0. The standard InChI is InChI=1S/C23H31N3O2/c1-4-17(3)26(22(27)19-11-12-19)15-20-21(18-9-7-16(2)8-10-18)24-28-23(20)25-13-5-6-14-25/h7-10,17,19H,4-6,11-15H2,1-3H3. The normalized spacial score (nSPS) is 17.8. The molecule has 0 N–H and O–H groups in total. The lowest BCUT2D eigenvalue weighted by Crippen LogP contribution is -2.39. The first kappa shape index (κ1) is 19.0. The van der Waals surface area contributed by atoms with Gasteiger partial charge in [-0.3, -0.25) is 4.79 Å². The average Bonchev–Trinajstić information content (AvgIpc) is 3.25. The molecule has 1 aromatic heterocycles. The van der Waals surface area contributed by atoms with Crippen LogP contribution in [0.5, 0.6) is 0 Å². The fourth-order valence-electron chi connectivity index (χ4n) is 3.96. The monoisotopic (exact) mass is 381 g/mol. The molecule has 1 saturated heterocycles. The summed E-state index contributed by atoms with van der Waals surface area (Å²) in [7, 11) is 0. The van der Waals surface area contributed by atoms with E-state index in [0.717, 1.165) is 55.1 Å². The van der Waals surface area contributed by atoms with Gasteiger partial charge in [-0.15, -0.1) is 0 Å². The first-order valence-corrected chi connectivity index (χ1v) is 10.7. The molecule has 1 amide bonds. The molecule has 1 saturated carbocycles. The van der Waals surface area contributed by atoms with Gasteiger partial charge >= 0.3 is 0 Å². The molecule has 1 aliphatic carbocycles. The zero-order valence-electron chi connectivity index (χ0n) is 17.3. The number of hydrogen-bond acceptors (Lipinski definition) is 4. The van der Waals surface area contributed by atoms with E-state index in [0.29, 0.717) is 6.54 Å². The number of aromatic nitrogens is 1. The highest BCUT2D eigenvalue weighted by atomic mass is 16.5. The van der Waals surface area contributed by atoms with E-state index in [1.54, 1.807) is 0 Å². The molecule has 1 aromatic carbocycles. The Bertz CT molecular complexity index is 817. The Kier molecular flexibility index (Phi) is 5.42. The molecule has 150 valence electrons. The van der Waals surface area contributed by atoms with Gasteiger partial charge in [-0.25, -0.2) is 0 Å². The fraction of sp³-hybridized carbons (Fsp3) is 0.565. The van der Waals surface area contributed by atoms with Crippen LogP contribution in [0, 0.1) is 12.8 Å². The third-order valence-electron chi connectivity index (χ3n) is 6.15. The topological polar surface area (TPSA) is 49.6 Å². The summed E-state index contributed by atoms with van der Waals surface area (Å²) in [5.41, 5.74) is 4.20. The summed E-state index contributed by atoms with van der Waals surface area (Å²) in [5.74, 6) is 1.36. The molecule has 0 bridgehead atoms. The molecule has 0 spiro atoms. The number of carbonyl (C=O) groups is 1. The lowest BCUT2D eigenvalue weighted by Gasteiger charge is -2.29. The maximum Gasteiger partial charge on any atom is 0.232 e. The molecule has 2 aromatic rings. The van der Waals surface area contributed by atoms with Crippen molar-refractivity contribution in [3.05, 3.63) is 35.4 Å². The van der Waals surface area contributed by atoms with Gasteiger partial charge < -0.3 is 14.3 Å². The molecule has 28 heavy (non-hydrogen) atoms. The Morgan fingerprint density at radius 2 is 1.93 bits per heavy atom. The van der Waals surface area contributed by atoms with Crippen LogP contribution in [0.15, 0.2) is 28.8 Å². The number of carbonyl (C=O) groups excluding carboxylic acids is 1. The van der Waals surface area contributed by atoms with E-state index in [2.05, 4.69) is 60.0 Å². The number of hydrogen-bond donors (Lipinski definition) is 0. The van der Waals surface area contributed by atoms with Crippen molar-refractivity contribution in [1.82, 2.24) is 10.1 Å². The quantitative estimate of drug-likeness (QED) is 0.692. The average molecular weight is 382 g/mol. The van der Waals surface area contributed by atoms with Crippen LogP contribution in [0.1, 0.15) is 57.1 Å². The Labute approximate surface area is 167 Å². The van der Waals surface area contributed by atoms with Crippen LogP contribution in [0.3, 0.4) is 0 Å².